The molecule has 5 rings (SSSR count). The first-order chi connectivity index (χ1) is 13.6. The lowest BCUT2D eigenvalue weighted by atomic mass is 10.1. The van der Waals surface area contributed by atoms with Gasteiger partial charge in [0.05, 0.1) is 5.75 Å². The molecule has 5 nitrogen and oxygen atoms in total. The van der Waals surface area contributed by atoms with Gasteiger partial charge in [-0.25, -0.2) is 0 Å². The molecule has 2 aliphatic rings. The summed E-state index contributed by atoms with van der Waals surface area (Å²) in [7, 11) is 0. The van der Waals surface area contributed by atoms with Gasteiger partial charge in [-0.3, -0.25) is 4.79 Å². The molecule has 3 aromatic rings. The molecule has 144 valence electrons. The summed E-state index contributed by atoms with van der Waals surface area (Å²) in [5.74, 6) is 1.55. The van der Waals surface area contributed by atoms with Gasteiger partial charge in [-0.15, -0.1) is 10.2 Å². The molecule has 0 radical (unpaired) electrons. The van der Waals surface area contributed by atoms with E-state index in [4.69, 9.17) is 4.42 Å². The van der Waals surface area contributed by atoms with Crippen LogP contribution in [0.15, 0.2) is 33.9 Å². The number of benzene rings is 1. The highest BCUT2D eigenvalue weighted by Gasteiger charge is 2.29. The van der Waals surface area contributed by atoms with Crippen LogP contribution in [0.5, 0.6) is 0 Å². The van der Waals surface area contributed by atoms with Crippen molar-refractivity contribution in [3.05, 3.63) is 58.2 Å². The predicted molar refractivity (Wildman–Crippen MR) is 109 cm³/mol. The topological polar surface area (TPSA) is 60.9 Å². The zero-order valence-electron chi connectivity index (χ0n) is 16.2. The lowest BCUT2D eigenvalue weighted by Crippen LogP contribution is -2.06. The molecule has 2 heterocycles. The van der Waals surface area contributed by atoms with Gasteiger partial charge in [-0.2, -0.15) is 0 Å². The maximum absolute atomic E-state index is 12.9. The molecule has 28 heavy (non-hydrogen) atoms. The molecular formula is C22H23N3O2S. The number of rotatable bonds is 6. The fourth-order valence-electron chi connectivity index (χ4n) is 4.12. The van der Waals surface area contributed by atoms with E-state index in [0.29, 0.717) is 22.8 Å². The lowest BCUT2D eigenvalue weighted by molar-refractivity contribution is 0.102. The monoisotopic (exact) mass is 393 g/mol. The Morgan fingerprint density at radius 1 is 1.18 bits per heavy atom. The Kier molecular flexibility index (Phi) is 4.38. The summed E-state index contributed by atoms with van der Waals surface area (Å²) in [4.78, 5) is 12.9. The average molecular weight is 394 g/mol. The molecule has 0 amide bonds. The number of Topliss-reactive ketones (excluding diaryl/α,β-unsaturated/α-hetero) is 1. The van der Waals surface area contributed by atoms with E-state index in [1.165, 1.54) is 35.7 Å². The smallest absolute Gasteiger partial charge is 0.277 e. The Morgan fingerprint density at radius 3 is 2.82 bits per heavy atom. The summed E-state index contributed by atoms with van der Waals surface area (Å²) in [6, 6.07) is 8.68. The zero-order valence-corrected chi connectivity index (χ0v) is 17.0. The molecule has 0 N–H and O–H groups in total. The van der Waals surface area contributed by atoms with Crippen molar-refractivity contribution >= 4 is 17.5 Å². The van der Waals surface area contributed by atoms with E-state index >= 15 is 0 Å². The molecular weight excluding hydrogens is 370 g/mol. The first-order valence-corrected chi connectivity index (χ1v) is 10.9. The van der Waals surface area contributed by atoms with Crippen LogP contribution in [-0.4, -0.2) is 26.3 Å². The Hall–Kier alpha value is -2.34. The van der Waals surface area contributed by atoms with Gasteiger partial charge in [0.2, 0.25) is 5.89 Å². The Morgan fingerprint density at radius 2 is 2.00 bits per heavy atom. The van der Waals surface area contributed by atoms with E-state index < -0.39 is 0 Å². The summed E-state index contributed by atoms with van der Waals surface area (Å²) in [5.41, 5.74) is 6.89. The summed E-state index contributed by atoms with van der Waals surface area (Å²) >= 11 is 1.33. The number of aromatic nitrogens is 3. The summed E-state index contributed by atoms with van der Waals surface area (Å²) in [6.45, 7) is 4.08. The van der Waals surface area contributed by atoms with Gasteiger partial charge in [0.1, 0.15) is 0 Å². The maximum Gasteiger partial charge on any atom is 0.277 e. The third-order valence-corrected chi connectivity index (χ3v) is 6.57. The number of carbonyl (C=O) groups is 1. The van der Waals surface area contributed by atoms with Crippen molar-refractivity contribution in [1.82, 2.24) is 14.8 Å². The molecule has 0 atom stereocenters. The quantitative estimate of drug-likeness (QED) is 0.444. The Labute approximate surface area is 168 Å². The second-order valence-corrected chi connectivity index (χ2v) is 8.75. The summed E-state index contributed by atoms with van der Waals surface area (Å²) < 4.78 is 7.84. The molecule has 0 bridgehead atoms. The van der Waals surface area contributed by atoms with E-state index in [2.05, 4.69) is 39.9 Å². The molecule has 0 saturated heterocycles. The first-order valence-electron chi connectivity index (χ1n) is 9.90. The molecule has 0 spiro atoms. The summed E-state index contributed by atoms with van der Waals surface area (Å²) in [5, 5.41) is 8.63. The second kappa shape index (κ2) is 6.92. The van der Waals surface area contributed by atoms with Gasteiger partial charge in [0, 0.05) is 28.6 Å². The minimum Gasteiger partial charge on any atom is -0.416 e. The van der Waals surface area contributed by atoms with Crippen molar-refractivity contribution in [3.63, 3.8) is 0 Å². The van der Waals surface area contributed by atoms with Crippen molar-refractivity contribution in [1.29, 1.82) is 0 Å². The lowest BCUT2D eigenvalue weighted by Gasteiger charge is -2.12. The Balaban J connectivity index is 1.35. The predicted octanol–water partition coefficient (Wildman–Crippen LogP) is 4.82. The molecule has 0 aliphatic heterocycles. The normalized spacial score (nSPS) is 15.8. The largest absolute Gasteiger partial charge is 0.416 e. The van der Waals surface area contributed by atoms with Gasteiger partial charge < -0.3 is 8.98 Å². The number of ketones is 1. The minimum absolute atomic E-state index is 0.0941. The van der Waals surface area contributed by atoms with Crippen molar-refractivity contribution in [2.75, 3.05) is 5.75 Å². The molecule has 1 saturated carbocycles. The number of aryl methyl sites for hydroxylation is 3. The van der Waals surface area contributed by atoms with E-state index in [1.807, 2.05) is 13.0 Å². The summed E-state index contributed by atoms with van der Waals surface area (Å²) in [6.07, 6.45) is 5.82. The molecule has 6 heteroatoms. The maximum atomic E-state index is 12.9. The highest BCUT2D eigenvalue weighted by atomic mass is 32.2. The second-order valence-electron chi connectivity index (χ2n) is 7.82. The van der Waals surface area contributed by atoms with E-state index in [0.717, 1.165) is 41.9 Å². The molecule has 2 aromatic heterocycles. The van der Waals surface area contributed by atoms with Gasteiger partial charge in [0.25, 0.3) is 5.22 Å². The highest BCUT2D eigenvalue weighted by Crippen LogP contribution is 2.40. The van der Waals surface area contributed by atoms with E-state index in [1.54, 1.807) is 0 Å². The van der Waals surface area contributed by atoms with Crippen LogP contribution in [0.25, 0.3) is 5.69 Å². The van der Waals surface area contributed by atoms with Crippen LogP contribution in [0, 0.1) is 13.8 Å². The van der Waals surface area contributed by atoms with Gasteiger partial charge in [-0.1, -0.05) is 17.8 Å². The van der Waals surface area contributed by atoms with Gasteiger partial charge in [0.15, 0.2) is 5.78 Å². The fraction of sp³-hybridized carbons (Fsp3) is 0.409. The van der Waals surface area contributed by atoms with Crippen LogP contribution in [-0.2, 0) is 12.8 Å². The van der Waals surface area contributed by atoms with Crippen molar-refractivity contribution < 1.29 is 9.21 Å². The van der Waals surface area contributed by atoms with Crippen LogP contribution in [0.4, 0.5) is 0 Å². The van der Waals surface area contributed by atoms with Gasteiger partial charge >= 0.3 is 0 Å². The van der Waals surface area contributed by atoms with Crippen LogP contribution in [0.2, 0.25) is 0 Å². The molecule has 1 aromatic carbocycles. The molecule has 2 aliphatic carbocycles. The fourth-order valence-corrected chi connectivity index (χ4v) is 4.77. The molecule has 0 unspecified atom stereocenters. The van der Waals surface area contributed by atoms with Crippen molar-refractivity contribution in [2.24, 2.45) is 0 Å². The van der Waals surface area contributed by atoms with Crippen LogP contribution in [0.1, 0.15) is 63.9 Å². The SMILES string of the molecule is Cc1cc(C(=O)CSc2nnc(C3CC3)o2)c(C)n1-c1ccc2c(c1)CCC2. The number of hydrogen-bond acceptors (Lipinski definition) is 5. The minimum atomic E-state index is 0.0941. The van der Waals surface area contributed by atoms with Crippen molar-refractivity contribution in [2.45, 2.75) is 57.1 Å². The third-order valence-electron chi connectivity index (χ3n) is 5.75. The number of carbonyl (C=O) groups excluding carboxylic acids is 1. The number of nitrogens with zero attached hydrogens (tertiary/aromatic N) is 3. The highest BCUT2D eigenvalue weighted by molar-refractivity contribution is 7.99. The van der Waals surface area contributed by atoms with Crippen LogP contribution in [0.3, 0.4) is 0 Å². The molecule has 1 fully saturated rings. The standard InChI is InChI=1S/C22H23N3O2S/c1-13-10-19(20(26)12-28-22-24-23-21(27-22)16-6-7-16)14(2)25(13)18-9-8-15-4-3-5-17(15)11-18/h8-11,16H,3-7,12H2,1-2H3. The third kappa shape index (κ3) is 3.20. The zero-order chi connectivity index (χ0) is 19.3. The number of hydrogen-bond donors (Lipinski definition) is 0. The average Bonchev–Trinajstić information content (AvgIpc) is 3.12. The van der Waals surface area contributed by atoms with Gasteiger partial charge in [-0.05, 0) is 75.3 Å². The first kappa shape index (κ1) is 17.7. The van der Waals surface area contributed by atoms with E-state index in [9.17, 15) is 4.79 Å². The number of thioether (sulfide) groups is 1. The number of fused-ring (bicyclic) bond motifs is 1. The van der Waals surface area contributed by atoms with Crippen LogP contribution < -0.4 is 0 Å². The van der Waals surface area contributed by atoms with Crippen LogP contribution >= 0.6 is 11.8 Å². The van der Waals surface area contributed by atoms with Crippen molar-refractivity contribution in [3.8, 4) is 5.69 Å². The Bertz CT molecular complexity index is 1060. The van der Waals surface area contributed by atoms with E-state index in [-0.39, 0.29) is 5.78 Å².